The van der Waals surface area contributed by atoms with Gasteiger partial charge in [-0.15, -0.1) is 0 Å². The smallest absolute Gasteiger partial charge is 0.333 e. The van der Waals surface area contributed by atoms with Crippen LogP contribution in [0.1, 0.15) is 87.5 Å². The molecular weight excluding hydrogens is 430 g/mol. The van der Waals surface area contributed by atoms with E-state index in [4.69, 9.17) is 4.74 Å². The fourth-order valence-corrected chi connectivity index (χ4v) is 4.60. The van der Waals surface area contributed by atoms with Gasteiger partial charge in [0.2, 0.25) is 11.8 Å². The molecule has 3 unspecified atom stereocenters. The first-order chi connectivity index (χ1) is 16.0. The minimum atomic E-state index is -0.624. The van der Waals surface area contributed by atoms with Crippen LogP contribution in [0.3, 0.4) is 0 Å². The molecule has 1 aliphatic rings. The van der Waals surface area contributed by atoms with Gasteiger partial charge in [-0.25, -0.2) is 4.79 Å². The number of likely N-dealkylation sites (N-methyl/N-ethyl adjacent to an activating group) is 1. The minimum Gasteiger partial charge on any atom is -0.463 e. The van der Waals surface area contributed by atoms with Crippen molar-refractivity contribution in [2.45, 2.75) is 112 Å². The third kappa shape index (κ3) is 8.10. The molecule has 34 heavy (non-hydrogen) atoms. The number of hydrogen-bond acceptors (Lipinski definition) is 5. The molecule has 1 N–H and O–H groups in total. The zero-order chi connectivity index (χ0) is 26.0. The predicted octanol–water partition coefficient (Wildman–Crippen LogP) is 4.16. The van der Waals surface area contributed by atoms with Crippen LogP contribution in [0.4, 0.5) is 0 Å². The standard InChI is InChI=1S/C27H49N3O4/c1-10-19(6)23(17-20(7)27(33)34-12-3)29(9)26(32)24(18(4)5)28-25(31)22-15-13-14-16-30(22)21(8)11-2/h17-19,21-24H,10-16H2,1-9H3,(H,28,31)/b20-17+/t19-,21?,22?,23+,24?/m0/s1. The molecule has 7 nitrogen and oxygen atoms in total. The third-order valence-corrected chi connectivity index (χ3v) is 7.27. The van der Waals surface area contributed by atoms with Gasteiger partial charge in [0.05, 0.1) is 18.7 Å². The van der Waals surface area contributed by atoms with E-state index in [0.29, 0.717) is 18.2 Å². The highest BCUT2D eigenvalue weighted by atomic mass is 16.5. The van der Waals surface area contributed by atoms with Crippen LogP contribution in [0.5, 0.6) is 0 Å². The highest BCUT2D eigenvalue weighted by Crippen LogP contribution is 2.23. The monoisotopic (exact) mass is 479 g/mol. The van der Waals surface area contributed by atoms with Crippen LogP contribution in [0.15, 0.2) is 11.6 Å². The first-order valence-electron chi connectivity index (χ1n) is 13.2. The molecule has 1 saturated heterocycles. The predicted molar refractivity (Wildman–Crippen MR) is 137 cm³/mol. The van der Waals surface area contributed by atoms with Gasteiger partial charge in [-0.1, -0.05) is 53.5 Å². The normalized spacial score (nSPS) is 20.9. The Morgan fingerprint density at radius 2 is 1.74 bits per heavy atom. The van der Waals surface area contributed by atoms with E-state index in [1.165, 1.54) is 0 Å². The Kier molecular flexibility index (Phi) is 12.9. The second-order valence-electron chi connectivity index (χ2n) is 10.1. The van der Waals surface area contributed by atoms with Crippen LogP contribution in [0.25, 0.3) is 0 Å². The lowest BCUT2D eigenvalue weighted by Gasteiger charge is -2.40. The van der Waals surface area contributed by atoms with E-state index in [9.17, 15) is 14.4 Å². The number of amides is 2. The molecule has 0 bridgehead atoms. The van der Waals surface area contributed by atoms with E-state index in [2.05, 4.69) is 37.9 Å². The lowest BCUT2D eigenvalue weighted by atomic mass is 9.93. The lowest BCUT2D eigenvalue weighted by molar-refractivity contribution is -0.140. The average molecular weight is 480 g/mol. The lowest BCUT2D eigenvalue weighted by Crippen LogP contribution is -2.59. The van der Waals surface area contributed by atoms with Crippen molar-refractivity contribution in [2.75, 3.05) is 20.2 Å². The molecule has 1 heterocycles. The molecule has 0 radical (unpaired) electrons. The summed E-state index contributed by atoms with van der Waals surface area (Å²) in [5, 5.41) is 3.10. The fraction of sp³-hybridized carbons (Fsp3) is 0.815. The number of ether oxygens (including phenoxy) is 1. The highest BCUT2D eigenvalue weighted by Gasteiger charge is 2.36. The van der Waals surface area contributed by atoms with E-state index < -0.39 is 6.04 Å². The van der Waals surface area contributed by atoms with Crippen LogP contribution in [-0.4, -0.2) is 72.0 Å². The van der Waals surface area contributed by atoms with E-state index in [-0.39, 0.29) is 41.7 Å². The number of nitrogens with one attached hydrogen (secondary N) is 1. The number of nitrogens with zero attached hydrogens (tertiary/aromatic N) is 2. The molecule has 0 spiro atoms. The molecule has 7 heteroatoms. The van der Waals surface area contributed by atoms with E-state index >= 15 is 0 Å². The van der Waals surface area contributed by atoms with Crippen molar-refractivity contribution in [2.24, 2.45) is 11.8 Å². The fourth-order valence-electron chi connectivity index (χ4n) is 4.60. The minimum absolute atomic E-state index is 0.0567. The largest absolute Gasteiger partial charge is 0.463 e. The van der Waals surface area contributed by atoms with Gasteiger partial charge in [0, 0.05) is 18.7 Å². The highest BCUT2D eigenvalue weighted by molar-refractivity contribution is 5.91. The van der Waals surface area contributed by atoms with Gasteiger partial charge >= 0.3 is 5.97 Å². The van der Waals surface area contributed by atoms with Crippen LogP contribution in [-0.2, 0) is 19.1 Å². The van der Waals surface area contributed by atoms with Crippen molar-refractivity contribution in [1.29, 1.82) is 0 Å². The molecule has 0 aromatic carbocycles. The van der Waals surface area contributed by atoms with Crippen LogP contribution < -0.4 is 5.32 Å². The summed E-state index contributed by atoms with van der Waals surface area (Å²) in [6.07, 6.45) is 6.61. The summed E-state index contributed by atoms with van der Waals surface area (Å²) in [4.78, 5) is 43.2. The van der Waals surface area contributed by atoms with Crippen molar-refractivity contribution in [3.05, 3.63) is 11.6 Å². The summed E-state index contributed by atoms with van der Waals surface area (Å²) in [6.45, 7) is 17.1. The molecule has 0 saturated carbocycles. The quantitative estimate of drug-likeness (QED) is 0.336. The number of carbonyl (C=O) groups excluding carboxylic acids is 3. The van der Waals surface area contributed by atoms with Gasteiger partial charge < -0.3 is 15.0 Å². The maximum Gasteiger partial charge on any atom is 0.333 e. The summed E-state index contributed by atoms with van der Waals surface area (Å²) in [5.41, 5.74) is 0.489. The number of rotatable bonds is 12. The Labute approximate surface area is 207 Å². The SMILES string of the molecule is CCOC(=O)/C(C)=C/[C@H]([C@@H](C)CC)N(C)C(=O)C(NC(=O)C1CCCCN1C(C)CC)C(C)C. The van der Waals surface area contributed by atoms with Crippen LogP contribution in [0, 0.1) is 11.8 Å². The molecule has 1 rings (SSSR count). The molecule has 5 atom stereocenters. The Morgan fingerprint density at radius 1 is 1.09 bits per heavy atom. The van der Waals surface area contributed by atoms with Crippen molar-refractivity contribution in [3.63, 3.8) is 0 Å². The summed E-state index contributed by atoms with van der Waals surface area (Å²) < 4.78 is 5.13. The number of carbonyl (C=O) groups is 3. The topological polar surface area (TPSA) is 79.0 Å². The van der Waals surface area contributed by atoms with Crippen molar-refractivity contribution in [3.8, 4) is 0 Å². The van der Waals surface area contributed by atoms with E-state index in [0.717, 1.165) is 38.6 Å². The first kappa shape index (κ1) is 30.1. The maximum absolute atomic E-state index is 13.7. The van der Waals surface area contributed by atoms with Gasteiger partial charge in [-0.05, 0) is 58.4 Å². The van der Waals surface area contributed by atoms with Crippen molar-refractivity contribution in [1.82, 2.24) is 15.1 Å². The summed E-state index contributed by atoms with van der Waals surface area (Å²) in [6, 6.07) is -0.760. The number of hydrogen-bond donors (Lipinski definition) is 1. The van der Waals surface area contributed by atoms with Gasteiger partial charge in [-0.3, -0.25) is 14.5 Å². The van der Waals surface area contributed by atoms with Gasteiger partial charge in [0.15, 0.2) is 0 Å². The first-order valence-corrected chi connectivity index (χ1v) is 13.2. The third-order valence-electron chi connectivity index (χ3n) is 7.27. The van der Waals surface area contributed by atoms with Crippen molar-refractivity contribution >= 4 is 17.8 Å². The van der Waals surface area contributed by atoms with Crippen LogP contribution in [0.2, 0.25) is 0 Å². The zero-order valence-electron chi connectivity index (χ0n) is 23.0. The second kappa shape index (κ2) is 14.5. The molecular formula is C27H49N3O4. The molecule has 196 valence electrons. The van der Waals surface area contributed by atoms with Gasteiger partial charge in [-0.2, -0.15) is 0 Å². The zero-order valence-corrected chi connectivity index (χ0v) is 23.0. The van der Waals surface area contributed by atoms with Crippen LogP contribution >= 0.6 is 0 Å². The second-order valence-corrected chi connectivity index (χ2v) is 10.1. The Hall–Kier alpha value is -1.89. The number of likely N-dealkylation sites (tertiary alicyclic amines) is 1. The summed E-state index contributed by atoms with van der Waals surface area (Å²) in [5.74, 6) is -0.479. The number of piperidine rings is 1. The van der Waals surface area contributed by atoms with Gasteiger partial charge in [0.25, 0.3) is 0 Å². The van der Waals surface area contributed by atoms with Gasteiger partial charge in [0.1, 0.15) is 6.04 Å². The summed E-state index contributed by atoms with van der Waals surface area (Å²) in [7, 11) is 1.77. The molecule has 1 aliphatic heterocycles. The number of esters is 1. The molecule has 1 fully saturated rings. The molecule has 0 aliphatic carbocycles. The summed E-state index contributed by atoms with van der Waals surface area (Å²) >= 11 is 0. The van der Waals surface area contributed by atoms with E-state index in [1.54, 1.807) is 25.8 Å². The Bertz CT molecular complexity index is 706. The Balaban J connectivity index is 3.12. The van der Waals surface area contributed by atoms with Crippen molar-refractivity contribution < 1.29 is 19.1 Å². The van der Waals surface area contributed by atoms with E-state index in [1.807, 2.05) is 19.9 Å². The molecule has 0 aromatic rings. The average Bonchev–Trinajstić information content (AvgIpc) is 2.83. The molecule has 2 amide bonds. The Morgan fingerprint density at radius 3 is 2.26 bits per heavy atom. The maximum atomic E-state index is 13.7. The molecule has 0 aromatic heterocycles.